The van der Waals surface area contributed by atoms with Crippen molar-refractivity contribution in [1.29, 1.82) is 0 Å². The van der Waals surface area contributed by atoms with Crippen LogP contribution in [-0.4, -0.2) is 27.4 Å². The van der Waals surface area contributed by atoms with E-state index in [2.05, 4.69) is 34.2 Å². The van der Waals surface area contributed by atoms with Crippen LogP contribution in [0.5, 0.6) is 0 Å². The highest BCUT2D eigenvalue weighted by atomic mass is 127. The Morgan fingerprint density at radius 1 is 1.57 bits per heavy atom. The minimum Gasteiger partial charge on any atom is -0.465 e. The highest BCUT2D eigenvalue weighted by molar-refractivity contribution is 14.1. The Kier molecular flexibility index (Phi) is 6.23. The third-order valence-corrected chi connectivity index (χ3v) is 4.83. The van der Waals surface area contributed by atoms with Crippen LogP contribution in [0, 0.1) is 3.57 Å². The highest BCUT2D eigenvalue weighted by Crippen LogP contribution is 2.24. The molecular weight excluding hydrogens is 427 g/mol. The minimum absolute atomic E-state index is 0.132. The number of halogens is 1. The van der Waals surface area contributed by atoms with Gasteiger partial charge in [-0.15, -0.1) is 6.58 Å². The normalized spacial score (nSPS) is 12.1. The van der Waals surface area contributed by atoms with Crippen LogP contribution >= 0.6 is 34.4 Å². The number of fused-ring (bicyclic) bond motifs is 1. The molecule has 1 heterocycles. The summed E-state index contributed by atoms with van der Waals surface area (Å²) in [6.07, 6.45) is 1.64. The minimum atomic E-state index is -0.445. The SMILES string of the molecule is C=CCn1c(S[C@H](C)C(=O)OCC)nc2ccc(I)cc2c1=O. The third kappa shape index (κ3) is 4.14. The number of benzene rings is 1. The second-order valence-electron chi connectivity index (χ2n) is 4.77. The van der Waals surface area contributed by atoms with E-state index in [0.717, 1.165) is 3.57 Å². The van der Waals surface area contributed by atoms with E-state index in [9.17, 15) is 9.59 Å². The van der Waals surface area contributed by atoms with Crippen LogP contribution < -0.4 is 5.56 Å². The van der Waals surface area contributed by atoms with Gasteiger partial charge in [-0.05, 0) is 54.6 Å². The molecule has 0 unspecified atom stereocenters. The van der Waals surface area contributed by atoms with Crippen LogP contribution in [0.1, 0.15) is 13.8 Å². The zero-order chi connectivity index (χ0) is 17.0. The Hall–Kier alpha value is -1.35. The van der Waals surface area contributed by atoms with Crippen LogP contribution in [0.3, 0.4) is 0 Å². The van der Waals surface area contributed by atoms with Gasteiger partial charge in [-0.2, -0.15) is 0 Å². The Morgan fingerprint density at radius 2 is 2.30 bits per heavy atom. The monoisotopic (exact) mass is 444 g/mol. The van der Waals surface area contributed by atoms with Crippen molar-refractivity contribution in [2.75, 3.05) is 6.61 Å². The molecular formula is C16H17IN2O3S. The van der Waals surface area contributed by atoms with E-state index in [0.29, 0.717) is 29.2 Å². The smallest absolute Gasteiger partial charge is 0.319 e. The number of hydrogen-bond donors (Lipinski definition) is 0. The average Bonchev–Trinajstić information content (AvgIpc) is 2.52. The fraction of sp³-hybridized carbons (Fsp3) is 0.312. The zero-order valence-electron chi connectivity index (χ0n) is 12.9. The van der Waals surface area contributed by atoms with E-state index in [1.54, 1.807) is 19.9 Å². The lowest BCUT2D eigenvalue weighted by Gasteiger charge is -2.14. The molecule has 1 aromatic heterocycles. The van der Waals surface area contributed by atoms with E-state index in [1.807, 2.05) is 18.2 Å². The number of esters is 1. The van der Waals surface area contributed by atoms with Gasteiger partial charge in [-0.25, -0.2) is 4.98 Å². The van der Waals surface area contributed by atoms with E-state index in [1.165, 1.54) is 16.3 Å². The van der Waals surface area contributed by atoms with Gasteiger partial charge in [0.25, 0.3) is 5.56 Å². The topological polar surface area (TPSA) is 61.2 Å². The van der Waals surface area contributed by atoms with E-state index >= 15 is 0 Å². The molecule has 0 bridgehead atoms. The van der Waals surface area contributed by atoms with Crippen molar-refractivity contribution in [1.82, 2.24) is 9.55 Å². The summed E-state index contributed by atoms with van der Waals surface area (Å²) in [5, 5.41) is 0.607. The maximum absolute atomic E-state index is 12.7. The number of carbonyl (C=O) groups excluding carboxylic acids is 1. The lowest BCUT2D eigenvalue weighted by Crippen LogP contribution is -2.25. The predicted molar refractivity (Wildman–Crippen MR) is 101 cm³/mol. The van der Waals surface area contributed by atoms with E-state index in [4.69, 9.17) is 4.74 Å². The third-order valence-electron chi connectivity index (χ3n) is 3.09. The largest absolute Gasteiger partial charge is 0.465 e. The Morgan fingerprint density at radius 3 is 2.96 bits per heavy atom. The van der Waals surface area contributed by atoms with Gasteiger partial charge >= 0.3 is 5.97 Å². The number of nitrogens with zero attached hydrogens (tertiary/aromatic N) is 2. The molecule has 2 aromatic rings. The summed E-state index contributed by atoms with van der Waals surface area (Å²) in [6, 6.07) is 5.53. The average molecular weight is 444 g/mol. The summed E-state index contributed by atoms with van der Waals surface area (Å²) < 4.78 is 7.52. The zero-order valence-corrected chi connectivity index (χ0v) is 15.9. The van der Waals surface area contributed by atoms with Crippen molar-refractivity contribution >= 4 is 51.2 Å². The van der Waals surface area contributed by atoms with Crippen LogP contribution in [0.25, 0.3) is 10.9 Å². The molecule has 2 rings (SSSR count). The van der Waals surface area contributed by atoms with Gasteiger partial charge in [0.05, 0.1) is 17.5 Å². The standard InChI is InChI=1S/C16H17IN2O3S/c1-4-8-19-14(20)12-9-11(17)6-7-13(12)18-16(19)23-10(3)15(21)22-5-2/h4,6-7,9-10H,1,5,8H2,2-3H3/t10-/m1/s1. The molecule has 0 fully saturated rings. The number of ether oxygens (including phenoxy) is 1. The Labute approximate surface area is 152 Å². The van der Waals surface area contributed by atoms with Gasteiger partial charge < -0.3 is 4.74 Å². The van der Waals surface area contributed by atoms with E-state index < -0.39 is 5.25 Å². The van der Waals surface area contributed by atoms with Crippen LogP contribution in [0.15, 0.2) is 40.8 Å². The molecule has 0 N–H and O–H groups in total. The lowest BCUT2D eigenvalue weighted by molar-refractivity contribution is -0.142. The van der Waals surface area contributed by atoms with E-state index in [-0.39, 0.29) is 11.5 Å². The first kappa shape index (κ1) is 18.0. The fourth-order valence-electron chi connectivity index (χ4n) is 2.02. The second kappa shape index (κ2) is 7.96. The summed E-state index contributed by atoms with van der Waals surface area (Å²) >= 11 is 3.38. The Balaban J connectivity index is 2.51. The summed E-state index contributed by atoms with van der Waals surface area (Å²) in [4.78, 5) is 29.1. The molecule has 0 saturated heterocycles. The molecule has 7 heteroatoms. The molecule has 0 radical (unpaired) electrons. The molecule has 0 aliphatic heterocycles. The first-order chi connectivity index (χ1) is 11.0. The van der Waals surface area contributed by atoms with Gasteiger partial charge in [0.2, 0.25) is 0 Å². The van der Waals surface area contributed by atoms with Crippen LogP contribution in [-0.2, 0) is 16.1 Å². The quantitative estimate of drug-likeness (QED) is 0.225. The molecule has 0 spiro atoms. The highest BCUT2D eigenvalue weighted by Gasteiger charge is 2.20. The van der Waals surface area contributed by atoms with Gasteiger partial charge in [-0.3, -0.25) is 14.2 Å². The van der Waals surface area contributed by atoms with Crippen molar-refractivity contribution in [2.24, 2.45) is 0 Å². The summed E-state index contributed by atoms with van der Waals surface area (Å²) in [5.74, 6) is -0.320. The lowest BCUT2D eigenvalue weighted by atomic mass is 10.2. The number of thioether (sulfide) groups is 1. The maximum atomic E-state index is 12.7. The Bertz CT molecular complexity index is 804. The van der Waals surface area contributed by atoms with Gasteiger partial charge in [-0.1, -0.05) is 17.8 Å². The van der Waals surface area contributed by atoms with Crippen LogP contribution in [0.4, 0.5) is 0 Å². The van der Waals surface area contributed by atoms with Crippen LogP contribution in [0.2, 0.25) is 0 Å². The van der Waals surface area contributed by atoms with Gasteiger partial charge in [0.1, 0.15) is 5.25 Å². The molecule has 23 heavy (non-hydrogen) atoms. The summed E-state index contributed by atoms with van der Waals surface area (Å²) in [5.41, 5.74) is 0.487. The number of carbonyl (C=O) groups is 1. The van der Waals surface area contributed by atoms with Crippen molar-refractivity contribution in [3.05, 3.63) is 44.8 Å². The molecule has 5 nitrogen and oxygen atoms in total. The number of rotatable bonds is 6. The van der Waals surface area contributed by atoms with Crippen molar-refractivity contribution < 1.29 is 9.53 Å². The number of hydrogen-bond acceptors (Lipinski definition) is 5. The number of allylic oxidation sites excluding steroid dienone is 1. The molecule has 1 atom stereocenters. The fourth-order valence-corrected chi connectivity index (χ4v) is 3.43. The first-order valence-corrected chi connectivity index (χ1v) is 9.08. The van der Waals surface area contributed by atoms with Gasteiger partial charge in [0.15, 0.2) is 5.16 Å². The van der Waals surface area contributed by atoms with Crippen molar-refractivity contribution in [3.8, 4) is 0 Å². The molecule has 122 valence electrons. The molecule has 0 aliphatic carbocycles. The molecule has 0 saturated carbocycles. The van der Waals surface area contributed by atoms with Crippen molar-refractivity contribution in [3.63, 3.8) is 0 Å². The van der Waals surface area contributed by atoms with Gasteiger partial charge in [0, 0.05) is 10.1 Å². The second-order valence-corrected chi connectivity index (χ2v) is 7.33. The van der Waals surface area contributed by atoms with Crippen molar-refractivity contribution in [2.45, 2.75) is 30.8 Å². The summed E-state index contributed by atoms with van der Waals surface area (Å²) in [7, 11) is 0. The maximum Gasteiger partial charge on any atom is 0.319 e. The molecule has 1 aromatic carbocycles. The molecule has 0 amide bonds. The molecule has 0 aliphatic rings. The summed E-state index contributed by atoms with van der Waals surface area (Å²) in [6.45, 7) is 7.86. The first-order valence-electron chi connectivity index (χ1n) is 7.12. The number of aromatic nitrogens is 2. The predicted octanol–water partition coefficient (Wildman–Crippen LogP) is 3.23.